The first-order chi connectivity index (χ1) is 7.61. The fraction of sp³-hybridized carbons (Fsp3) is 0.615. The van der Waals surface area contributed by atoms with E-state index in [1.807, 2.05) is 0 Å². The molecule has 16 heavy (non-hydrogen) atoms. The Bertz CT molecular complexity index is 315. The highest BCUT2D eigenvalue weighted by atomic mass is 19.1. The second-order valence-electron chi connectivity index (χ2n) is 4.54. The highest BCUT2D eigenvalue weighted by Crippen LogP contribution is 2.10. The van der Waals surface area contributed by atoms with Crippen LogP contribution in [0.1, 0.15) is 39.2 Å². The van der Waals surface area contributed by atoms with E-state index in [0.717, 1.165) is 17.9 Å². The third kappa shape index (κ3) is 4.71. The molecule has 0 fully saturated rings. The predicted octanol–water partition coefficient (Wildman–Crippen LogP) is 3.14. The van der Waals surface area contributed by atoms with E-state index in [4.69, 9.17) is 0 Å². The summed E-state index contributed by atoms with van der Waals surface area (Å²) >= 11 is 0. The summed E-state index contributed by atoms with van der Waals surface area (Å²) in [7, 11) is 0. The summed E-state index contributed by atoms with van der Waals surface area (Å²) in [6.07, 6.45) is 5.28. The van der Waals surface area contributed by atoms with Crippen molar-refractivity contribution >= 4 is 0 Å². The number of hydrogen-bond donors (Lipinski definition) is 1. The number of aromatic nitrogens is 1. The van der Waals surface area contributed by atoms with Crippen molar-refractivity contribution in [1.82, 2.24) is 10.3 Å². The van der Waals surface area contributed by atoms with Gasteiger partial charge in [-0.1, -0.05) is 20.3 Å². The summed E-state index contributed by atoms with van der Waals surface area (Å²) in [5.41, 5.74) is 0.899. The Morgan fingerprint density at radius 1 is 1.38 bits per heavy atom. The van der Waals surface area contributed by atoms with Gasteiger partial charge < -0.3 is 5.32 Å². The lowest BCUT2D eigenvalue weighted by Gasteiger charge is -2.17. The summed E-state index contributed by atoms with van der Waals surface area (Å²) in [6.45, 7) is 7.30. The Morgan fingerprint density at radius 3 is 2.75 bits per heavy atom. The van der Waals surface area contributed by atoms with Crippen molar-refractivity contribution in [2.75, 3.05) is 0 Å². The Balaban J connectivity index is 2.34. The van der Waals surface area contributed by atoms with E-state index in [-0.39, 0.29) is 5.82 Å². The predicted molar refractivity (Wildman–Crippen MR) is 64.6 cm³/mol. The van der Waals surface area contributed by atoms with Crippen LogP contribution >= 0.6 is 0 Å². The van der Waals surface area contributed by atoms with Crippen LogP contribution in [0.2, 0.25) is 0 Å². The molecule has 1 aromatic rings. The summed E-state index contributed by atoms with van der Waals surface area (Å²) in [5.74, 6) is 0.460. The van der Waals surface area contributed by atoms with Crippen LogP contribution in [0.15, 0.2) is 18.5 Å². The van der Waals surface area contributed by atoms with Gasteiger partial charge in [0, 0.05) is 18.8 Å². The van der Waals surface area contributed by atoms with Gasteiger partial charge in [-0.05, 0) is 30.9 Å². The molecule has 2 unspecified atom stereocenters. The largest absolute Gasteiger partial charge is 0.310 e. The van der Waals surface area contributed by atoms with Crippen LogP contribution in [0.25, 0.3) is 0 Å². The van der Waals surface area contributed by atoms with E-state index >= 15 is 0 Å². The smallest absolute Gasteiger partial charge is 0.141 e. The normalized spacial score (nSPS) is 14.8. The standard InChI is InChI=1S/C13H21FN2/c1-4-10(2)5-11(3)16-8-12-6-13(14)9-15-7-12/h6-7,9-11,16H,4-5,8H2,1-3H3. The zero-order valence-electron chi connectivity index (χ0n) is 10.3. The molecule has 0 aromatic carbocycles. The Morgan fingerprint density at radius 2 is 2.12 bits per heavy atom. The first kappa shape index (κ1) is 13.1. The molecule has 0 saturated carbocycles. The zero-order chi connectivity index (χ0) is 12.0. The molecular weight excluding hydrogens is 203 g/mol. The summed E-state index contributed by atoms with van der Waals surface area (Å²) in [6, 6.07) is 1.98. The molecule has 0 spiro atoms. The van der Waals surface area contributed by atoms with Gasteiger partial charge in [-0.25, -0.2) is 4.39 Å². The molecule has 3 heteroatoms. The molecular formula is C13H21FN2. The monoisotopic (exact) mass is 224 g/mol. The van der Waals surface area contributed by atoms with Crippen molar-refractivity contribution in [3.05, 3.63) is 29.8 Å². The fourth-order valence-corrected chi connectivity index (χ4v) is 1.70. The third-order valence-corrected chi connectivity index (χ3v) is 2.87. The van der Waals surface area contributed by atoms with Crippen LogP contribution in [-0.2, 0) is 6.54 Å². The van der Waals surface area contributed by atoms with Crippen LogP contribution in [0.5, 0.6) is 0 Å². The molecule has 0 radical (unpaired) electrons. The molecule has 0 amide bonds. The van der Waals surface area contributed by atoms with Crippen LogP contribution in [0.3, 0.4) is 0 Å². The van der Waals surface area contributed by atoms with Gasteiger partial charge in [0.15, 0.2) is 0 Å². The average Bonchev–Trinajstić information content (AvgIpc) is 2.26. The summed E-state index contributed by atoms with van der Waals surface area (Å²) in [5, 5.41) is 3.38. The number of hydrogen-bond acceptors (Lipinski definition) is 2. The van der Waals surface area contributed by atoms with E-state index in [1.165, 1.54) is 18.7 Å². The molecule has 0 aliphatic carbocycles. The lowest BCUT2D eigenvalue weighted by Crippen LogP contribution is -2.27. The van der Waals surface area contributed by atoms with Crippen molar-refractivity contribution in [2.45, 2.75) is 46.2 Å². The number of rotatable bonds is 6. The minimum Gasteiger partial charge on any atom is -0.310 e. The molecule has 1 N–H and O–H groups in total. The van der Waals surface area contributed by atoms with Crippen LogP contribution in [0.4, 0.5) is 4.39 Å². The Hall–Kier alpha value is -0.960. The van der Waals surface area contributed by atoms with E-state index in [1.54, 1.807) is 6.20 Å². The molecule has 0 aliphatic rings. The van der Waals surface area contributed by atoms with Crippen molar-refractivity contribution in [1.29, 1.82) is 0 Å². The van der Waals surface area contributed by atoms with Crippen LogP contribution < -0.4 is 5.32 Å². The summed E-state index contributed by atoms with van der Waals surface area (Å²) < 4.78 is 12.9. The highest BCUT2D eigenvalue weighted by molar-refractivity contribution is 5.09. The first-order valence-corrected chi connectivity index (χ1v) is 5.94. The van der Waals surface area contributed by atoms with Gasteiger partial charge in [-0.2, -0.15) is 0 Å². The topological polar surface area (TPSA) is 24.9 Å². The van der Waals surface area contributed by atoms with Crippen molar-refractivity contribution in [2.24, 2.45) is 5.92 Å². The maximum Gasteiger partial charge on any atom is 0.141 e. The lowest BCUT2D eigenvalue weighted by molar-refractivity contribution is 0.411. The second-order valence-corrected chi connectivity index (χ2v) is 4.54. The van der Waals surface area contributed by atoms with Crippen LogP contribution in [-0.4, -0.2) is 11.0 Å². The molecule has 0 aliphatic heterocycles. The van der Waals surface area contributed by atoms with Crippen molar-refractivity contribution in [3.8, 4) is 0 Å². The average molecular weight is 224 g/mol. The van der Waals surface area contributed by atoms with Gasteiger partial charge in [0.25, 0.3) is 0 Å². The van der Waals surface area contributed by atoms with Gasteiger partial charge in [0.2, 0.25) is 0 Å². The Kier molecular flexibility index (Phi) is 5.39. The van der Waals surface area contributed by atoms with E-state index in [0.29, 0.717) is 12.6 Å². The number of nitrogens with one attached hydrogen (secondary N) is 1. The van der Waals surface area contributed by atoms with E-state index < -0.39 is 0 Å². The first-order valence-electron chi connectivity index (χ1n) is 5.94. The maximum atomic E-state index is 12.9. The minimum absolute atomic E-state index is 0.270. The molecule has 2 atom stereocenters. The van der Waals surface area contributed by atoms with Gasteiger partial charge in [0.05, 0.1) is 6.20 Å². The molecule has 1 rings (SSSR count). The van der Waals surface area contributed by atoms with E-state index in [2.05, 4.69) is 31.1 Å². The number of halogens is 1. The fourth-order valence-electron chi connectivity index (χ4n) is 1.70. The summed E-state index contributed by atoms with van der Waals surface area (Å²) in [4.78, 5) is 3.82. The van der Waals surface area contributed by atoms with Gasteiger partial charge in [-0.3, -0.25) is 4.98 Å². The zero-order valence-corrected chi connectivity index (χ0v) is 10.3. The molecule has 90 valence electrons. The van der Waals surface area contributed by atoms with Crippen LogP contribution in [0, 0.1) is 11.7 Å². The quantitative estimate of drug-likeness (QED) is 0.803. The van der Waals surface area contributed by atoms with Gasteiger partial charge in [-0.15, -0.1) is 0 Å². The van der Waals surface area contributed by atoms with E-state index in [9.17, 15) is 4.39 Å². The van der Waals surface area contributed by atoms with Crippen molar-refractivity contribution in [3.63, 3.8) is 0 Å². The minimum atomic E-state index is -0.270. The lowest BCUT2D eigenvalue weighted by atomic mass is 10.0. The molecule has 1 aromatic heterocycles. The maximum absolute atomic E-state index is 12.9. The molecule has 1 heterocycles. The number of nitrogens with zero attached hydrogens (tertiary/aromatic N) is 1. The SMILES string of the molecule is CCC(C)CC(C)NCc1cncc(F)c1. The molecule has 2 nitrogen and oxygen atoms in total. The highest BCUT2D eigenvalue weighted by Gasteiger charge is 2.06. The Labute approximate surface area is 97.3 Å². The van der Waals surface area contributed by atoms with Gasteiger partial charge in [0.1, 0.15) is 5.82 Å². The van der Waals surface area contributed by atoms with Crippen molar-refractivity contribution < 1.29 is 4.39 Å². The second kappa shape index (κ2) is 6.59. The van der Waals surface area contributed by atoms with Gasteiger partial charge >= 0.3 is 0 Å². The number of pyridine rings is 1. The molecule has 0 saturated heterocycles. The third-order valence-electron chi connectivity index (χ3n) is 2.87. The molecule has 0 bridgehead atoms.